The van der Waals surface area contributed by atoms with Crippen LogP contribution in [0.1, 0.15) is 53.0 Å². The van der Waals surface area contributed by atoms with Gasteiger partial charge in [0.05, 0.1) is 11.9 Å². The van der Waals surface area contributed by atoms with Gasteiger partial charge in [-0.3, -0.25) is 4.68 Å². The van der Waals surface area contributed by atoms with Crippen molar-refractivity contribution in [3.8, 4) is 11.3 Å². The number of nitrogens with two attached hydrogens (primary N) is 1. The molecule has 0 aromatic carbocycles. The van der Waals surface area contributed by atoms with Gasteiger partial charge in [0.25, 0.3) is 0 Å². The van der Waals surface area contributed by atoms with Crippen LogP contribution in [0.3, 0.4) is 0 Å². The molecule has 9 nitrogen and oxygen atoms in total. The Morgan fingerprint density at radius 3 is 2.77 bits per heavy atom. The van der Waals surface area contributed by atoms with Crippen molar-refractivity contribution in [3.05, 3.63) is 31.0 Å². The topological polar surface area (TPSA) is 127 Å². The standard InChI is InChI=1S/C19H25N9S.C2H6/c1-12(6-8-29-19-25-18(20)26-27-19)3-4-13(2)28-10-14(9-24-28)16-15-5-7-21-17(15)23-11-22-16;1-2/h5,7,9-13H,3-4,6,8H2,1-2H3,(H,21,22,23)(H3,20,25,26,27);1-2H3/t12?,13-;/m0./s1. The second-order valence-electron chi connectivity index (χ2n) is 7.34. The van der Waals surface area contributed by atoms with Crippen molar-refractivity contribution >= 4 is 28.7 Å². The van der Waals surface area contributed by atoms with Crippen molar-refractivity contribution in [2.24, 2.45) is 5.92 Å². The molecule has 4 aromatic rings. The number of aromatic nitrogens is 8. The lowest BCUT2D eigenvalue weighted by atomic mass is 10.00. The lowest BCUT2D eigenvalue weighted by Gasteiger charge is -2.15. The molecule has 4 rings (SSSR count). The molecular formula is C21H31N9S. The number of fused-ring (bicyclic) bond motifs is 1. The molecule has 0 amide bonds. The SMILES string of the molecule is CC.CC(CCSc1n[nH]c(N)n1)CC[C@H](C)n1cc(-c2ncnc3[nH]ccc23)cn1. The number of rotatable bonds is 9. The minimum Gasteiger partial charge on any atom is -0.368 e. The third-order valence-corrected chi connectivity index (χ3v) is 5.96. The summed E-state index contributed by atoms with van der Waals surface area (Å²) in [5.41, 5.74) is 8.31. The molecule has 0 saturated heterocycles. The number of anilines is 1. The van der Waals surface area contributed by atoms with Crippen LogP contribution in [0.2, 0.25) is 0 Å². The zero-order valence-corrected chi connectivity index (χ0v) is 19.4. The van der Waals surface area contributed by atoms with Gasteiger partial charge in [-0.05, 0) is 38.2 Å². The molecule has 10 heteroatoms. The zero-order valence-electron chi connectivity index (χ0n) is 18.5. The van der Waals surface area contributed by atoms with Crippen LogP contribution in [0.4, 0.5) is 5.95 Å². The average molecular weight is 442 g/mol. The third-order valence-electron chi connectivity index (χ3n) is 5.08. The molecule has 0 aliphatic carbocycles. The summed E-state index contributed by atoms with van der Waals surface area (Å²) < 4.78 is 2.04. The van der Waals surface area contributed by atoms with Crippen molar-refractivity contribution in [3.63, 3.8) is 0 Å². The number of hydrogen-bond acceptors (Lipinski definition) is 7. The fraction of sp³-hybridized carbons (Fsp3) is 0.476. The van der Waals surface area contributed by atoms with E-state index in [1.54, 1.807) is 18.1 Å². The first kappa shape index (κ1) is 22.8. The first-order chi connectivity index (χ1) is 15.1. The summed E-state index contributed by atoms with van der Waals surface area (Å²) in [6.07, 6.45) is 10.8. The Bertz CT molecular complexity index is 1070. The predicted molar refractivity (Wildman–Crippen MR) is 126 cm³/mol. The van der Waals surface area contributed by atoms with E-state index < -0.39 is 0 Å². The van der Waals surface area contributed by atoms with Gasteiger partial charge < -0.3 is 10.7 Å². The Balaban J connectivity index is 0.00000132. The van der Waals surface area contributed by atoms with Crippen molar-refractivity contribution in [2.45, 2.75) is 58.2 Å². The highest BCUT2D eigenvalue weighted by Crippen LogP contribution is 2.27. The Hall–Kier alpha value is -2.88. The molecule has 166 valence electrons. The molecule has 1 unspecified atom stereocenters. The maximum Gasteiger partial charge on any atom is 0.216 e. The number of nitrogens with one attached hydrogen (secondary N) is 2. The normalized spacial score (nSPS) is 13.0. The van der Waals surface area contributed by atoms with Gasteiger partial charge in [0.15, 0.2) is 0 Å². The Morgan fingerprint density at radius 2 is 2.00 bits per heavy atom. The maximum atomic E-state index is 5.55. The molecule has 4 N–H and O–H groups in total. The van der Waals surface area contributed by atoms with Crippen LogP contribution in [-0.4, -0.2) is 45.7 Å². The maximum absolute atomic E-state index is 5.55. The van der Waals surface area contributed by atoms with Crippen LogP contribution >= 0.6 is 11.8 Å². The summed E-state index contributed by atoms with van der Waals surface area (Å²) >= 11 is 1.64. The van der Waals surface area contributed by atoms with Crippen LogP contribution < -0.4 is 5.73 Å². The average Bonchev–Trinajstić information content (AvgIpc) is 3.54. The number of nitrogens with zero attached hydrogens (tertiary/aromatic N) is 6. The summed E-state index contributed by atoms with van der Waals surface area (Å²) in [4.78, 5) is 15.9. The quantitative estimate of drug-likeness (QED) is 0.321. The van der Waals surface area contributed by atoms with Crippen LogP contribution in [0.5, 0.6) is 0 Å². The van der Waals surface area contributed by atoms with Gasteiger partial charge in [-0.1, -0.05) is 32.5 Å². The fourth-order valence-corrected chi connectivity index (χ4v) is 4.26. The van der Waals surface area contributed by atoms with E-state index in [4.69, 9.17) is 5.73 Å². The fourth-order valence-electron chi connectivity index (χ4n) is 3.28. The lowest BCUT2D eigenvalue weighted by Crippen LogP contribution is -2.08. The van der Waals surface area contributed by atoms with Gasteiger partial charge in [-0.2, -0.15) is 10.1 Å². The van der Waals surface area contributed by atoms with Gasteiger partial charge in [0.2, 0.25) is 11.1 Å². The monoisotopic (exact) mass is 441 g/mol. The van der Waals surface area contributed by atoms with E-state index >= 15 is 0 Å². The van der Waals surface area contributed by atoms with Gasteiger partial charge in [-0.25, -0.2) is 15.1 Å². The van der Waals surface area contributed by atoms with Gasteiger partial charge in [0.1, 0.15) is 12.0 Å². The van der Waals surface area contributed by atoms with Crippen molar-refractivity contribution in [1.29, 1.82) is 0 Å². The molecule has 0 fully saturated rings. The second kappa shape index (κ2) is 10.9. The van der Waals surface area contributed by atoms with E-state index in [0.717, 1.165) is 47.3 Å². The smallest absolute Gasteiger partial charge is 0.216 e. The van der Waals surface area contributed by atoms with Crippen molar-refractivity contribution < 1.29 is 0 Å². The van der Waals surface area contributed by atoms with Gasteiger partial charge >= 0.3 is 0 Å². The number of hydrogen-bond donors (Lipinski definition) is 3. The first-order valence-corrected chi connectivity index (χ1v) is 11.7. The molecule has 0 radical (unpaired) electrons. The van der Waals surface area contributed by atoms with Crippen LogP contribution in [-0.2, 0) is 0 Å². The minimum absolute atomic E-state index is 0.329. The number of nitrogen functional groups attached to an aromatic ring is 1. The molecule has 0 spiro atoms. The lowest BCUT2D eigenvalue weighted by molar-refractivity contribution is 0.394. The largest absolute Gasteiger partial charge is 0.368 e. The summed E-state index contributed by atoms with van der Waals surface area (Å²) in [6, 6.07) is 2.33. The summed E-state index contributed by atoms with van der Waals surface area (Å²) in [5, 5.41) is 13.0. The summed E-state index contributed by atoms with van der Waals surface area (Å²) in [6.45, 7) is 8.50. The van der Waals surface area contributed by atoms with Crippen molar-refractivity contribution in [1.82, 2.24) is 39.9 Å². The van der Waals surface area contributed by atoms with Crippen LogP contribution in [0, 0.1) is 5.92 Å². The Kier molecular flexibility index (Phi) is 8.05. The summed E-state index contributed by atoms with van der Waals surface area (Å²) in [7, 11) is 0. The highest BCUT2D eigenvalue weighted by atomic mass is 32.2. The number of aromatic amines is 2. The van der Waals surface area contributed by atoms with Crippen LogP contribution in [0.15, 0.2) is 36.1 Å². The van der Waals surface area contributed by atoms with E-state index in [2.05, 4.69) is 55.3 Å². The van der Waals surface area contributed by atoms with E-state index in [1.807, 2.05) is 37.0 Å². The van der Waals surface area contributed by atoms with E-state index in [9.17, 15) is 0 Å². The summed E-state index contributed by atoms with van der Waals surface area (Å²) in [5.74, 6) is 1.98. The van der Waals surface area contributed by atoms with Gasteiger partial charge in [0, 0.05) is 35.1 Å². The molecule has 2 atom stereocenters. The highest BCUT2D eigenvalue weighted by Gasteiger charge is 2.13. The molecule has 0 saturated carbocycles. The molecular weight excluding hydrogens is 410 g/mol. The molecule has 0 bridgehead atoms. The predicted octanol–water partition coefficient (Wildman–Crippen LogP) is 4.71. The van der Waals surface area contributed by atoms with Gasteiger partial charge in [-0.15, -0.1) is 5.10 Å². The third kappa shape index (κ3) is 5.84. The molecule has 4 heterocycles. The van der Waals surface area contributed by atoms with E-state index in [0.29, 0.717) is 23.1 Å². The van der Waals surface area contributed by atoms with E-state index in [-0.39, 0.29) is 0 Å². The molecule has 0 aliphatic rings. The van der Waals surface area contributed by atoms with Crippen molar-refractivity contribution in [2.75, 3.05) is 11.5 Å². The molecule has 0 aliphatic heterocycles. The zero-order chi connectivity index (χ0) is 22.2. The first-order valence-electron chi connectivity index (χ1n) is 10.7. The number of thioether (sulfide) groups is 1. The van der Waals surface area contributed by atoms with E-state index in [1.165, 1.54) is 0 Å². The number of H-pyrrole nitrogens is 2. The molecule has 4 aromatic heterocycles. The van der Waals surface area contributed by atoms with Crippen LogP contribution in [0.25, 0.3) is 22.3 Å². The highest BCUT2D eigenvalue weighted by molar-refractivity contribution is 7.99. The Morgan fingerprint density at radius 1 is 1.16 bits per heavy atom. The Labute approximate surface area is 186 Å². The molecule has 31 heavy (non-hydrogen) atoms. The second-order valence-corrected chi connectivity index (χ2v) is 8.41. The minimum atomic E-state index is 0.329.